The lowest BCUT2D eigenvalue weighted by molar-refractivity contribution is -0.660. The van der Waals surface area contributed by atoms with E-state index in [9.17, 15) is 0 Å². The fourth-order valence-corrected chi connectivity index (χ4v) is 6.72. The van der Waals surface area contributed by atoms with Gasteiger partial charge in [0, 0.05) is 27.8 Å². The highest BCUT2D eigenvalue weighted by molar-refractivity contribution is 6.11. The number of fused-ring (bicyclic) bond motifs is 8. The molecular weight excluding hydrogens is 402 g/mol. The molecule has 0 N–H and O–H groups in total. The molecule has 2 aliphatic rings. The molecule has 162 valence electrons. The second kappa shape index (κ2) is 6.57. The molecule has 0 amide bonds. The average molecular weight is 431 g/mol. The molecule has 2 aromatic heterocycles. The molecule has 0 saturated heterocycles. The minimum absolute atomic E-state index is 0.181. The summed E-state index contributed by atoms with van der Waals surface area (Å²) in [6.45, 7) is 4.32. The molecule has 5 aromatic rings. The molecular formula is C31H28NO+. The first-order chi connectivity index (χ1) is 16.1. The molecule has 0 atom stereocenters. The van der Waals surface area contributed by atoms with Crippen molar-refractivity contribution in [3.05, 3.63) is 89.1 Å². The SMILES string of the molecule is Cc1ccc(-c2c(C)ccc3c2oc2cc4c(cc23)C2(CCCC2)c2ccccc2-4)[n+](C)c1. The quantitative estimate of drug-likeness (QED) is 0.251. The van der Waals surface area contributed by atoms with Gasteiger partial charge in [0.1, 0.15) is 18.2 Å². The minimum atomic E-state index is 0.181. The smallest absolute Gasteiger partial charge is 0.216 e. The summed E-state index contributed by atoms with van der Waals surface area (Å²) in [5.41, 5.74) is 12.9. The number of pyridine rings is 1. The van der Waals surface area contributed by atoms with Crippen LogP contribution < -0.4 is 4.57 Å². The fraction of sp³-hybridized carbons (Fsp3) is 0.258. The van der Waals surface area contributed by atoms with Crippen molar-refractivity contribution >= 4 is 21.9 Å². The van der Waals surface area contributed by atoms with Crippen LogP contribution in [0.3, 0.4) is 0 Å². The van der Waals surface area contributed by atoms with E-state index in [1.54, 1.807) is 0 Å². The van der Waals surface area contributed by atoms with E-state index in [1.165, 1.54) is 81.1 Å². The van der Waals surface area contributed by atoms with Crippen LogP contribution in [0.25, 0.3) is 44.3 Å². The molecule has 1 saturated carbocycles. The van der Waals surface area contributed by atoms with E-state index in [2.05, 4.69) is 92.3 Å². The molecule has 2 aliphatic carbocycles. The maximum Gasteiger partial charge on any atom is 0.216 e. The van der Waals surface area contributed by atoms with Crippen LogP contribution in [0.15, 0.2) is 71.3 Å². The van der Waals surface area contributed by atoms with E-state index in [-0.39, 0.29) is 5.41 Å². The van der Waals surface area contributed by atoms with E-state index >= 15 is 0 Å². The first-order valence-electron chi connectivity index (χ1n) is 12.1. The molecule has 0 radical (unpaired) electrons. The van der Waals surface area contributed by atoms with Crippen molar-refractivity contribution in [3.8, 4) is 22.4 Å². The minimum Gasteiger partial charge on any atom is -0.455 e. The van der Waals surface area contributed by atoms with Crippen LogP contribution in [-0.2, 0) is 12.5 Å². The van der Waals surface area contributed by atoms with Crippen molar-refractivity contribution in [2.24, 2.45) is 7.05 Å². The van der Waals surface area contributed by atoms with Crippen LogP contribution >= 0.6 is 0 Å². The third-order valence-electron chi connectivity index (χ3n) is 8.23. The van der Waals surface area contributed by atoms with Crippen LogP contribution in [0.4, 0.5) is 0 Å². The van der Waals surface area contributed by atoms with Gasteiger partial charge in [-0.2, -0.15) is 0 Å². The summed E-state index contributed by atoms with van der Waals surface area (Å²) in [7, 11) is 2.12. The number of aryl methyl sites for hydroxylation is 3. The van der Waals surface area contributed by atoms with Crippen molar-refractivity contribution in [2.75, 3.05) is 0 Å². The van der Waals surface area contributed by atoms with Gasteiger partial charge in [0.15, 0.2) is 6.20 Å². The van der Waals surface area contributed by atoms with Gasteiger partial charge < -0.3 is 4.42 Å². The van der Waals surface area contributed by atoms with Crippen LogP contribution in [0, 0.1) is 13.8 Å². The Hall–Kier alpha value is -3.39. The predicted octanol–water partition coefficient (Wildman–Crippen LogP) is 7.53. The van der Waals surface area contributed by atoms with Gasteiger partial charge >= 0.3 is 0 Å². The normalized spacial score (nSPS) is 16.1. The topological polar surface area (TPSA) is 17.0 Å². The molecule has 1 fully saturated rings. The van der Waals surface area contributed by atoms with Gasteiger partial charge in [-0.3, -0.25) is 0 Å². The maximum absolute atomic E-state index is 6.68. The fourth-order valence-electron chi connectivity index (χ4n) is 6.72. The molecule has 2 heteroatoms. The lowest BCUT2D eigenvalue weighted by atomic mass is 9.76. The molecule has 7 rings (SSSR count). The van der Waals surface area contributed by atoms with Gasteiger partial charge in [-0.05, 0) is 72.7 Å². The second-order valence-corrected chi connectivity index (χ2v) is 10.2. The molecule has 2 heterocycles. The Morgan fingerprint density at radius 2 is 1.64 bits per heavy atom. The molecule has 3 aromatic carbocycles. The van der Waals surface area contributed by atoms with E-state index in [1.807, 2.05) is 0 Å². The summed E-state index contributed by atoms with van der Waals surface area (Å²) in [5.74, 6) is 0. The highest BCUT2D eigenvalue weighted by atomic mass is 16.3. The number of benzene rings is 3. The number of aromatic nitrogens is 1. The van der Waals surface area contributed by atoms with Crippen molar-refractivity contribution in [3.63, 3.8) is 0 Å². The molecule has 2 nitrogen and oxygen atoms in total. The summed E-state index contributed by atoms with van der Waals surface area (Å²) >= 11 is 0. The van der Waals surface area contributed by atoms with Crippen LogP contribution in [0.1, 0.15) is 47.9 Å². The average Bonchev–Trinajstić information content (AvgIpc) is 3.50. The number of hydrogen-bond acceptors (Lipinski definition) is 1. The zero-order chi connectivity index (χ0) is 22.3. The Morgan fingerprint density at radius 1 is 0.818 bits per heavy atom. The van der Waals surface area contributed by atoms with Crippen LogP contribution in [0.5, 0.6) is 0 Å². The number of furan rings is 1. The zero-order valence-electron chi connectivity index (χ0n) is 19.5. The first-order valence-corrected chi connectivity index (χ1v) is 12.1. The Morgan fingerprint density at radius 3 is 2.45 bits per heavy atom. The van der Waals surface area contributed by atoms with Crippen molar-refractivity contribution in [2.45, 2.75) is 44.9 Å². The van der Waals surface area contributed by atoms with E-state index in [0.717, 1.165) is 11.2 Å². The summed E-state index contributed by atoms with van der Waals surface area (Å²) in [6.07, 6.45) is 7.31. The van der Waals surface area contributed by atoms with Crippen molar-refractivity contribution < 1.29 is 8.98 Å². The van der Waals surface area contributed by atoms with Crippen LogP contribution in [-0.4, -0.2) is 0 Å². The van der Waals surface area contributed by atoms with Gasteiger partial charge in [0.05, 0.1) is 5.56 Å². The predicted molar refractivity (Wildman–Crippen MR) is 134 cm³/mol. The summed E-state index contributed by atoms with van der Waals surface area (Å²) in [5, 5.41) is 2.47. The molecule has 0 aliphatic heterocycles. The summed E-state index contributed by atoms with van der Waals surface area (Å²) in [4.78, 5) is 0. The molecule has 33 heavy (non-hydrogen) atoms. The monoisotopic (exact) mass is 430 g/mol. The third kappa shape index (κ3) is 2.47. The number of nitrogens with zero attached hydrogens (tertiary/aromatic N) is 1. The molecule has 0 bridgehead atoms. The maximum atomic E-state index is 6.68. The Labute approximate surface area is 194 Å². The Balaban J connectivity index is 1.55. The third-order valence-corrected chi connectivity index (χ3v) is 8.23. The van der Waals surface area contributed by atoms with E-state index in [4.69, 9.17) is 4.42 Å². The molecule has 0 unspecified atom stereocenters. The number of rotatable bonds is 1. The second-order valence-electron chi connectivity index (χ2n) is 10.2. The van der Waals surface area contributed by atoms with Gasteiger partial charge in [0.2, 0.25) is 5.69 Å². The Bertz CT molecular complexity index is 1600. The Kier molecular flexibility index (Phi) is 3.81. The highest BCUT2D eigenvalue weighted by Gasteiger charge is 2.45. The van der Waals surface area contributed by atoms with Gasteiger partial charge in [-0.15, -0.1) is 0 Å². The standard InChI is InChI=1S/C31H28NO/c1-19-10-13-27(32(3)18-19)29-20(2)11-12-22-24-16-26-23(17-28(24)33-30(22)29)21-8-4-5-9-25(21)31(26)14-6-7-15-31/h4-5,8-13,16-18H,6-7,14-15H2,1-3H3/q+1. The lowest BCUT2D eigenvalue weighted by Crippen LogP contribution is -2.31. The zero-order valence-corrected chi connectivity index (χ0v) is 19.5. The summed E-state index contributed by atoms with van der Waals surface area (Å²) in [6, 6.07) is 22.8. The van der Waals surface area contributed by atoms with Gasteiger partial charge in [-0.25, -0.2) is 4.57 Å². The lowest BCUT2D eigenvalue weighted by Gasteiger charge is -2.26. The van der Waals surface area contributed by atoms with Crippen molar-refractivity contribution in [1.29, 1.82) is 0 Å². The van der Waals surface area contributed by atoms with E-state index < -0.39 is 0 Å². The first kappa shape index (κ1) is 19.1. The molecule has 1 spiro atoms. The largest absolute Gasteiger partial charge is 0.455 e. The van der Waals surface area contributed by atoms with Gasteiger partial charge in [0.25, 0.3) is 0 Å². The van der Waals surface area contributed by atoms with Gasteiger partial charge in [-0.1, -0.05) is 49.2 Å². The highest BCUT2D eigenvalue weighted by Crippen LogP contribution is 2.58. The van der Waals surface area contributed by atoms with Crippen LogP contribution in [0.2, 0.25) is 0 Å². The summed E-state index contributed by atoms with van der Waals surface area (Å²) < 4.78 is 8.90. The number of hydrogen-bond donors (Lipinski definition) is 0. The van der Waals surface area contributed by atoms with E-state index in [0.29, 0.717) is 0 Å². The van der Waals surface area contributed by atoms with Crippen molar-refractivity contribution in [1.82, 2.24) is 0 Å².